The quantitative estimate of drug-likeness (QED) is 0.222. The molecule has 0 aliphatic carbocycles. The average Bonchev–Trinajstić information content (AvgIpc) is 2.55. The zero-order chi connectivity index (χ0) is 20.3. The molecule has 0 bridgehead atoms. The van der Waals surface area contributed by atoms with E-state index in [1.165, 1.54) is 0 Å². The van der Waals surface area contributed by atoms with Crippen molar-refractivity contribution in [3.8, 4) is 0 Å². The molecule has 0 fully saturated rings. The van der Waals surface area contributed by atoms with E-state index in [-0.39, 0.29) is 12.3 Å². The summed E-state index contributed by atoms with van der Waals surface area (Å²) in [4.78, 5) is 46.3. The van der Waals surface area contributed by atoms with Crippen molar-refractivity contribution < 1.29 is 29.4 Å². The normalized spacial score (nSPS) is 14.3. The van der Waals surface area contributed by atoms with E-state index in [2.05, 4.69) is 10.6 Å². The van der Waals surface area contributed by atoms with Crippen molar-refractivity contribution in [2.24, 2.45) is 17.4 Å². The van der Waals surface area contributed by atoms with E-state index in [0.717, 1.165) is 6.42 Å². The Labute approximate surface area is 152 Å². The van der Waals surface area contributed by atoms with Gasteiger partial charge in [0.15, 0.2) is 0 Å². The molecule has 8 N–H and O–H groups in total. The van der Waals surface area contributed by atoms with E-state index in [4.69, 9.17) is 21.7 Å². The lowest BCUT2D eigenvalue weighted by Gasteiger charge is -2.25. The van der Waals surface area contributed by atoms with Gasteiger partial charge in [0.05, 0.1) is 6.04 Å². The van der Waals surface area contributed by atoms with Gasteiger partial charge in [0.25, 0.3) is 0 Å². The van der Waals surface area contributed by atoms with Crippen LogP contribution in [0.4, 0.5) is 0 Å². The fraction of sp³-hybridized carbons (Fsp3) is 0.750. The molecule has 0 aromatic rings. The van der Waals surface area contributed by atoms with Crippen LogP contribution >= 0.6 is 0 Å². The fourth-order valence-corrected chi connectivity index (χ4v) is 2.22. The van der Waals surface area contributed by atoms with Crippen molar-refractivity contribution in [1.29, 1.82) is 0 Å². The second-order valence-corrected chi connectivity index (χ2v) is 6.45. The van der Waals surface area contributed by atoms with Gasteiger partial charge in [-0.25, -0.2) is 4.79 Å². The average molecular weight is 374 g/mol. The van der Waals surface area contributed by atoms with E-state index < -0.39 is 48.3 Å². The summed E-state index contributed by atoms with van der Waals surface area (Å²) in [6.07, 6.45) is 1.18. The van der Waals surface area contributed by atoms with Crippen LogP contribution in [0.1, 0.15) is 46.0 Å². The minimum Gasteiger partial charge on any atom is -0.481 e. The van der Waals surface area contributed by atoms with Gasteiger partial charge in [-0.05, 0) is 31.7 Å². The first-order valence-corrected chi connectivity index (χ1v) is 8.61. The third kappa shape index (κ3) is 9.33. The van der Waals surface area contributed by atoms with Crippen LogP contribution in [0.15, 0.2) is 0 Å². The Morgan fingerprint density at radius 3 is 2.04 bits per heavy atom. The molecule has 0 heterocycles. The zero-order valence-corrected chi connectivity index (χ0v) is 15.2. The van der Waals surface area contributed by atoms with Crippen LogP contribution in [0, 0.1) is 5.92 Å². The molecule has 0 saturated heterocycles. The summed E-state index contributed by atoms with van der Waals surface area (Å²) in [7, 11) is 0. The second-order valence-electron chi connectivity index (χ2n) is 6.45. The monoisotopic (exact) mass is 374 g/mol. The van der Waals surface area contributed by atoms with Crippen molar-refractivity contribution >= 4 is 23.8 Å². The van der Waals surface area contributed by atoms with Gasteiger partial charge in [-0.3, -0.25) is 14.4 Å². The van der Waals surface area contributed by atoms with Crippen LogP contribution in [-0.2, 0) is 19.2 Å². The number of hydrogen-bond acceptors (Lipinski definition) is 6. The van der Waals surface area contributed by atoms with Crippen molar-refractivity contribution in [2.75, 3.05) is 6.54 Å². The highest BCUT2D eigenvalue weighted by atomic mass is 16.4. The standard InChI is InChI=1S/C16H30N4O6/c1-9(2)13(20-14(23)10(18)5-3-4-8-17)15(24)19-11(16(25)26)6-7-12(21)22/h9-11,13H,3-8,17-18H2,1-2H3,(H,19,24)(H,20,23)(H,21,22)(H,25,26). The van der Waals surface area contributed by atoms with Crippen LogP contribution in [0.2, 0.25) is 0 Å². The molecule has 150 valence electrons. The highest BCUT2D eigenvalue weighted by molar-refractivity contribution is 5.92. The lowest BCUT2D eigenvalue weighted by molar-refractivity contribution is -0.143. The van der Waals surface area contributed by atoms with Crippen LogP contribution in [0.5, 0.6) is 0 Å². The zero-order valence-electron chi connectivity index (χ0n) is 15.2. The van der Waals surface area contributed by atoms with Gasteiger partial charge in [-0.2, -0.15) is 0 Å². The smallest absolute Gasteiger partial charge is 0.326 e. The van der Waals surface area contributed by atoms with Gasteiger partial charge in [-0.1, -0.05) is 20.3 Å². The van der Waals surface area contributed by atoms with Crippen LogP contribution < -0.4 is 22.1 Å². The van der Waals surface area contributed by atoms with E-state index in [1.807, 2.05) is 0 Å². The number of amides is 2. The van der Waals surface area contributed by atoms with Crippen molar-refractivity contribution in [1.82, 2.24) is 10.6 Å². The third-order valence-corrected chi connectivity index (χ3v) is 3.81. The van der Waals surface area contributed by atoms with Gasteiger partial charge in [-0.15, -0.1) is 0 Å². The Kier molecular flexibility index (Phi) is 11.2. The number of nitrogens with one attached hydrogen (secondary N) is 2. The summed E-state index contributed by atoms with van der Waals surface area (Å²) in [5.74, 6) is -4.02. The van der Waals surface area contributed by atoms with Gasteiger partial charge in [0.1, 0.15) is 12.1 Å². The number of aliphatic carboxylic acids is 2. The molecule has 0 aliphatic heterocycles. The molecule has 2 amide bonds. The first-order chi connectivity index (χ1) is 12.1. The maximum atomic E-state index is 12.4. The van der Waals surface area contributed by atoms with Gasteiger partial charge < -0.3 is 32.3 Å². The van der Waals surface area contributed by atoms with E-state index in [1.54, 1.807) is 13.8 Å². The molecular weight excluding hydrogens is 344 g/mol. The Balaban J connectivity index is 4.84. The maximum absolute atomic E-state index is 12.4. The Bertz CT molecular complexity index is 497. The molecule has 0 aliphatic rings. The summed E-state index contributed by atoms with van der Waals surface area (Å²) in [6.45, 7) is 3.88. The number of carboxylic acid groups (broad SMARTS) is 2. The van der Waals surface area contributed by atoms with Crippen LogP contribution in [0.3, 0.4) is 0 Å². The van der Waals surface area contributed by atoms with Gasteiger partial charge >= 0.3 is 11.9 Å². The number of hydrogen-bond donors (Lipinski definition) is 6. The molecule has 0 radical (unpaired) electrons. The number of carbonyl (C=O) groups excluding carboxylic acids is 2. The third-order valence-electron chi connectivity index (χ3n) is 3.81. The molecule has 3 atom stereocenters. The van der Waals surface area contributed by atoms with Crippen LogP contribution in [0.25, 0.3) is 0 Å². The van der Waals surface area contributed by atoms with Gasteiger partial charge in [0, 0.05) is 6.42 Å². The predicted octanol–water partition coefficient (Wildman–Crippen LogP) is -0.982. The summed E-state index contributed by atoms with van der Waals surface area (Å²) in [6, 6.07) is -3.12. The van der Waals surface area contributed by atoms with E-state index in [0.29, 0.717) is 19.4 Å². The number of carbonyl (C=O) groups is 4. The molecule has 10 heteroatoms. The Morgan fingerprint density at radius 2 is 1.58 bits per heavy atom. The van der Waals surface area contributed by atoms with Crippen molar-refractivity contribution in [3.63, 3.8) is 0 Å². The maximum Gasteiger partial charge on any atom is 0.326 e. The van der Waals surface area contributed by atoms with Crippen molar-refractivity contribution in [3.05, 3.63) is 0 Å². The Morgan fingerprint density at radius 1 is 0.962 bits per heavy atom. The summed E-state index contributed by atoms with van der Waals surface area (Å²) in [5.41, 5.74) is 11.2. The fourth-order valence-electron chi connectivity index (χ4n) is 2.22. The molecule has 10 nitrogen and oxygen atoms in total. The molecule has 3 unspecified atom stereocenters. The lowest BCUT2D eigenvalue weighted by atomic mass is 10.0. The minimum absolute atomic E-state index is 0.256. The topological polar surface area (TPSA) is 185 Å². The number of unbranched alkanes of at least 4 members (excludes halogenated alkanes) is 1. The van der Waals surface area contributed by atoms with Crippen molar-refractivity contribution in [2.45, 2.75) is 64.1 Å². The van der Waals surface area contributed by atoms with Gasteiger partial charge in [0.2, 0.25) is 11.8 Å². The Hall–Kier alpha value is -2.20. The molecule has 0 aromatic heterocycles. The molecule has 26 heavy (non-hydrogen) atoms. The van der Waals surface area contributed by atoms with E-state index in [9.17, 15) is 19.2 Å². The molecular formula is C16H30N4O6. The van der Waals surface area contributed by atoms with E-state index >= 15 is 0 Å². The summed E-state index contributed by atoms with van der Waals surface area (Å²) in [5, 5.41) is 22.6. The molecule has 0 rings (SSSR count). The highest BCUT2D eigenvalue weighted by Gasteiger charge is 2.30. The summed E-state index contributed by atoms with van der Waals surface area (Å²) >= 11 is 0. The highest BCUT2D eigenvalue weighted by Crippen LogP contribution is 2.06. The largest absolute Gasteiger partial charge is 0.481 e. The predicted molar refractivity (Wildman–Crippen MR) is 94.1 cm³/mol. The molecule has 0 aromatic carbocycles. The number of rotatable bonds is 13. The lowest BCUT2D eigenvalue weighted by Crippen LogP contribution is -2.56. The minimum atomic E-state index is -1.35. The molecule has 0 saturated carbocycles. The number of carboxylic acids is 2. The number of nitrogens with two attached hydrogens (primary N) is 2. The second kappa shape index (κ2) is 12.2. The van der Waals surface area contributed by atoms with Crippen LogP contribution in [-0.4, -0.2) is 58.6 Å². The molecule has 0 spiro atoms. The SMILES string of the molecule is CC(C)C(NC(=O)C(N)CCCCN)C(=O)NC(CCC(=O)O)C(=O)O. The first kappa shape index (κ1) is 23.8. The first-order valence-electron chi connectivity index (χ1n) is 8.61. The summed E-state index contributed by atoms with van der Waals surface area (Å²) < 4.78 is 0.